The van der Waals surface area contributed by atoms with Crippen LogP contribution in [-0.4, -0.2) is 41.5 Å². The summed E-state index contributed by atoms with van der Waals surface area (Å²) in [5.41, 5.74) is 2.98. The number of hydrogen-bond donors (Lipinski definition) is 1. The van der Waals surface area contributed by atoms with Gasteiger partial charge in [0.1, 0.15) is 23.0 Å². The third-order valence-corrected chi connectivity index (χ3v) is 7.84. The van der Waals surface area contributed by atoms with E-state index in [0.29, 0.717) is 29.2 Å². The van der Waals surface area contributed by atoms with Crippen LogP contribution in [0.1, 0.15) is 64.4 Å². The number of rotatable bonds is 7. The van der Waals surface area contributed by atoms with Crippen molar-refractivity contribution in [3.63, 3.8) is 0 Å². The van der Waals surface area contributed by atoms with Crippen molar-refractivity contribution in [3.8, 4) is 5.75 Å². The number of anilines is 1. The van der Waals surface area contributed by atoms with Crippen LogP contribution < -0.4 is 9.64 Å². The fourth-order valence-electron chi connectivity index (χ4n) is 4.54. The van der Waals surface area contributed by atoms with Gasteiger partial charge in [-0.25, -0.2) is 9.78 Å². The Morgan fingerprint density at radius 3 is 2.40 bits per heavy atom. The number of hydrogen-bond acceptors (Lipinski definition) is 8. The highest BCUT2D eigenvalue weighted by molar-refractivity contribution is 7.17. The molecule has 0 bridgehead atoms. The Morgan fingerprint density at radius 2 is 1.82 bits per heavy atom. The number of aromatic nitrogens is 1. The fraction of sp³-hybridized carbons (Fsp3) is 0.290. The first kappa shape index (κ1) is 28.8. The molecule has 0 radical (unpaired) electrons. The molecule has 0 aliphatic carbocycles. The van der Waals surface area contributed by atoms with Gasteiger partial charge in [-0.2, -0.15) is 0 Å². The van der Waals surface area contributed by atoms with Crippen molar-refractivity contribution in [1.29, 1.82) is 0 Å². The Labute approximate surface area is 237 Å². The van der Waals surface area contributed by atoms with Crippen LogP contribution in [0.15, 0.2) is 60.7 Å². The van der Waals surface area contributed by atoms with Crippen molar-refractivity contribution in [1.82, 2.24) is 4.98 Å². The lowest BCUT2D eigenvalue weighted by Gasteiger charge is -2.25. The summed E-state index contributed by atoms with van der Waals surface area (Å²) in [5.74, 6) is -1.98. The first-order chi connectivity index (χ1) is 18.9. The second-order valence-corrected chi connectivity index (χ2v) is 11.5. The summed E-state index contributed by atoms with van der Waals surface area (Å²) in [4.78, 5) is 45.2. The molecular weight excluding hydrogens is 528 g/mol. The van der Waals surface area contributed by atoms with Gasteiger partial charge < -0.3 is 14.6 Å². The van der Waals surface area contributed by atoms with E-state index in [2.05, 4.69) is 32.3 Å². The molecule has 1 N–H and O–H groups in total. The van der Waals surface area contributed by atoms with E-state index in [1.54, 1.807) is 31.2 Å². The molecule has 208 valence electrons. The minimum absolute atomic E-state index is 0.0693. The average Bonchev–Trinajstić information content (AvgIpc) is 3.43. The van der Waals surface area contributed by atoms with Crippen molar-refractivity contribution >= 4 is 39.9 Å². The van der Waals surface area contributed by atoms with Crippen LogP contribution in [0.3, 0.4) is 0 Å². The number of Topliss-reactive ketones (excluding diaryl/α,β-unsaturated/α-hetero) is 1. The van der Waals surface area contributed by atoms with Gasteiger partial charge in [0.25, 0.3) is 5.78 Å². The van der Waals surface area contributed by atoms with Crippen LogP contribution in [0.25, 0.3) is 5.76 Å². The van der Waals surface area contributed by atoms with Gasteiger partial charge in [-0.1, -0.05) is 69.0 Å². The quantitative estimate of drug-likeness (QED) is 0.124. The largest absolute Gasteiger partial charge is 0.507 e. The second kappa shape index (κ2) is 11.1. The molecule has 4 rings (SSSR count). The lowest BCUT2D eigenvalue weighted by atomic mass is 9.85. The molecule has 3 aromatic rings. The molecule has 1 aliphatic heterocycles. The smallest absolute Gasteiger partial charge is 0.350 e. The molecular formula is C31H32N2O6S. The molecule has 1 amide bonds. The number of carbonyl (C=O) groups is 3. The molecule has 0 spiro atoms. The normalized spacial score (nSPS) is 16.8. The number of nitrogens with zero attached hydrogens (tertiary/aromatic N) is 2. The number of thiazole rings is 1. The summed E-state index contributed by atoms with van der Waals surface area (Å²) >= 11 is 0.961. The van der Waals surface area contributed by atoms with Gasteiger partial charge in [-0.15, -0.1) is 0 Å². The number of esters is 1. The zero-order valence-corrected chi connectivity index (χ0v) is 24.2. The number of aliphatic hydroxyl groups is 1. The molecule has 8 nitrogen and oxygen atoms in total. The molecule has 1 aromatic heterocycles. The standard InChI is InChI=1S/C31H32N2O6S/c1-8-15-39-22-14-11-20(16-17(22)2)25(34)23-24(19-9-12-21(13-10-19)31(4,5)6)33(28(36)26(23)35)30-32-18(3)27(40-30)29(37)38-7/h8-14,16,24,34H,1,15H2,2-7H3. The maximum atomic E-state index is 13.5. The van der Waals surface area contributed by atoms with E-state index in [4.69, 9.17) is 9.47 Å². The molecule has 2 heterocycles. The van der Waals surface area contributed by atoms with Crippen LogP contribution in [0, 0.1) is 13.8 Å². The molecule has 1 fully saturated rings. The van der Waals surface area contributed by atoms with Crippen molar-refractivity contribution < 1.29 is 29.0 Å². The van der Waals surface area contributed by atoms with Crippen molar-refractivity contribution in [3.05, 3.63) is 93.5 Å². The summed E-state index contributed by atoms with van der Waals surface area (Å²) in [7, 11) is 1.26. The van der Waals surface area contributed by atoms with Gasteiger partial charge in [0.2, 0.25) is 0 Å². The predicted molar refractivity (Wildman–Crippen MR) is 155 cm³/mol. The molecule has 1 atom stereocenters. The average molecular weight is 561 g/mol. The van der Waals surface area contributed by atoms with E-state index in [9.17, 15) is 19.5 Å². The SMILES string of the molecule is C=CCOc1ccc(C(O)=C2C(=O)C(=O)N(c3nc(C)c(C(=O)OC)s3)C2c2ccc(C(C)(C)C)cc2)cc1C. The Bertz CT molecular complexity index is 1530. The molecule has 40 heavy (non-hydrogen) atoms. The Morgan fingerprint density at radius 1 is 1.15 bits per heavy atom. The highest BCUT2D eigenvalue weighted by atomic mass is 32.1. The number of ether oxygens (including phenoxy) is 2. The minimum Gasteiger partial charge on any atom is -0.507 e. The molecule has 1 unspecified atom stereocenters. The number of ketones is 1. The van der Waals surface area contributed by atoms with E-state index in [1.165, 1.54) is 12.0 Å². The van der Waals surface area contributed by atoms with Gasteiger partial charge in [0, 0.05) is 5.56 Å². The van der Waals surface area contributed by atoms with Gasteiger partial charge in [0.05, 0.1) is 24.4 Å². The number of carbonyl (C=O) groups excluding carboxylic acids is 3. The molecule has 0 saturated carbocycles. The molecule has 2 aromatic carbocycles. The summed E-state index contributed by atoms with van der Waals surface area (Å²) < 4.78 is 10.5. The topological polar surface area (TPSA) is 106 Å². The van der Waals surface area contributed by atoms with Crippen LogP contribution >= 0.6 is 11.3 Å². The van der Waals surface area contributed by atoms with Gasteiger partial charge >= 0.3 is 11.9 Å². The van der Waals surface area contributed by atoms with Crippen LogP contribution in [-0.2, 0) is 19.7 Å². The van der Waals surface area contributed by atoms with Crippen LogP contribution in [0.5, 0.6) is 5.75 Å². The summed E-state index contributed by atoms with van der Waals surface area (Å²) in [6, 6.07) is 11.6. The second-order valence-electron chi connectivity index (χ2n) is 10.5. The Balaban J connectivity index is 1.90. The number of methoxy groups -OCH3 is 1. The molecule has 1 saturated heterocycles. The molecule has 9 heteroatoms. The van der Waals surface area contributed by atoms with Crippen molar-refractivity contribution in [2.24, 2.45) is 0 Å². The summed E-state index contributed by atoms with van der Waals surface area (Å²) in [6.07, 6.45) is 1.63. The summed E-state index contributed by atoms with van der Waals surface area (Å²) in [5, 5.41) is 11.7. The molecule has 1 aliphatic rings. The van der Waals surface area contributed by atoms with Gasteiger partial charge in [0.15, 0.2) is 5.13 Å². The van der Waals surface area contributed by atoms with E-state index < -0.39 is 23.7 Å². The van der Waals surface area contributed by atoms with E-state index >= 15 is 0 Å². The fourth-order valence-corrected chi connectivity index (χ4v) is 5.55. The van der Waals surface area contributed by atoms with Gasteiger partial charge in [-0.3, -0.25) is 14.5 Å². The summed E-state index contributed by atoms with van der Waals surface area (Å²) in [6.45, 7) is 13.7. The number of aliphatic hydroxyl groups excluding tert-OH is 1. The Kier molecular flexibility index (Phi) is 7.98. The maximum Gasteiger partial charge on any atom is 0.350 e. The van der Waals surface area contributed by atoms with Crippen molar-refractivity contribution in [2.75, 3.05) is 18.6 Å². The van der Waals surface area contributed by atoms with E-state index in [0.717, 1.165) is 22.5 Å². The number of amides is 1. The lowest BCUT2D eigenvalue weighted by Crippen LogP contribution is -2.29. The first-order valence-corrected chi connectivity index (χ1v) is 13.5. The predicted octanol–water partition coefficient (Wildman–Crippen LogP) is 6.04. The minimum atomic E-state index is -0.970. The number of aryl methyl sites for hydroxylation is 2. The zero-order chi connectivity index (χ0) is 29.4. The first-order valence-electron chi connectivity index (χ1n) is 12.7. The van der Waals surface area contributed by atoms with Crippen molar-refractivity contribution in [2.45, 2.75) is 46.1 Å². The van der Waals surface area contributed by atoms with Crippen LogP contribution in [0.4, 0.5) is 5.13 Å². The van der Waals surface area contributed by atoms with E-state index in [1.807, 2.05) is 31.2 Å². The van der Waals surface area contributed by atoms with E-state index in [-0.39, 0.29) is 26.8 Å². The monoisotopic (exact) mass is 560 g/mol. The van der Waals surface area contributed by atoms with Gasteiger partial charge in [-0.05, 0) is 54.2 Å². The van der Waals surface area contributed by atoms with Crippen LogP contribution in [0.2, 0.25) is 0 Å². The highest BCUT2D eigenvalue weighted by Gasteiger charge is 2.48. The third kappa shape index (κ3) is 5.29. The highest BCUT2D eigenvalue weighted by Crippen LogP contribution is 2.44. The zero-order valence-electron chi connectivity index (χ0n) is 23.4. The third-order valence-electron chi connectivity index (χ3n) is 6.70. The maximum absolute atomic E-state index is 13.5. The lowest BCUT2D eigenvalue weighted by molar-refractivity contribution is -0.132. The number of benzene rings is 2. The Hall–Kier alpha value is -4.24.